The number of rotatable bonds is 6. The molecule has 2 aliphatic heterocycles. The van der Waals surface area contributed by atoms with Gasteiger partial charge in [-0.3, -0.25) is 14.7 Å². The van der Waals surface area contributed by atoms with Crippen molar-refractivity contribution in [1.29, 1.82) is 0 Å². The summed E-state index contributed by atoms with van der Waals surface area (Å²) in [5, 5.41) is 2.79. The SMILES string of the molecule is CN1CCN(Cc2cc(C(=O)Nc3ccc4c(c3)N(Cc3nccnc3N)CC4)cc(C(F)(F)F)c2)CC1. The standard InChI is InChI=1S/C27H30F3N7O/c1-35-8-10-36(11-9-35)16-18-12-20(14-21(13-18)27(28,29)30)26(38)34-22-3-2-19-4-7-37(24(19)15-22)17-23-25(31)33-6-5-32-23/h2-3,5-6,12-15H,4,7-11,16-17H2,1H3,(H2,31,33)(H,34,38). The fourth-order valence-corrected chi connectivity index (χ4v) is 4.91. The summed E-state index contributed by atoms with van der Waals surface area (Å²) in [6, 6.07) is 9.15. The number of nitrogens with zero attached hydrogens (tertiary/aromatic N) is 5. The van der Waals surface area contributed by atoms with Gasteiger partial charge in [-0.25, -0.2) is 4.98 Å². The Labute approximate surface area is 219 Å². The van der Waals surface area contributed by atoms with Crippen molar-refractivity contribution in [2.75, 3.05) is 55.7 Å². The van der Waals surface area contributed by atoms with Crippen molar-refractivity contribution in [2.45, 2.75) is 25.7 Å². The smallest absolute Gasteiger partial charge is 0.382 e. The first kappa shape index (κ1) is 25.9. The molecule has 1 amide bonds. The summed E-state index contributed by atoms with van der Waals surface area (Å²) >= 11 is 0. The highest BCUT2D eigenvalue weighted by Crippen LogP contribution is 2.34. The number of anilines is 3. The minimum Gasteiger partial charge on any atom is -0.382 e. The van der Waals surface area contributed by atoms with Crippen LogP contribution in [0.5, 0.6) is 0 Å². The molecule has 38 heavy (non-hydrogen) atoms. The van der Waals surface area contributed by atoms with Crippen LogP contribution in [0, 0.1) is 0 Å². The van der Waals surface area contributed by atoms with E-state index < -0.39 is 17.6 Å². The normalized spacial score (nSPS) is 16.5. The number of piperazine rings is 1. The predicted octanol–water partition coefficient (Wildman–Crippen LogP) is 3.64. The first-order valence-corrected chi connectivity index (χ1v) is 12.5. The second kappa shape index (κ2) is 10.6. The monoisotopic (exact) mass is 525 g/mol. The molecule has 11 heteroatoms. The number of hydrogen-bond acceptors (Lipinski definition) is 7. The number of carbonyl (C=O) groups excluding carboxylic acids is 1. The van der Waals surface area contributed by atoms with Crippen molar-refractivity contribution in [1.82, 2.24) is 19.8 Å². The number of benzene rings is 2. The lowest BCUT2D eigenvalue weighted by Gasteiger charge is -2.32. The topological polar surface area (TPSA) is 90.6 Å². The van der Waals surface area contributed by atoms with Crippen molar-refractivity contribution in [2.24, 2.45) is 0 Å². The van der Waals surface area contributed by atoms with E-state index >= 15 is 0 Å². The van der Waals surface area contributed by atoms with E-state index in [9.17, 15) is 18.0 Å². The van der Waals surface area contributed by atoms with Crippen LogP contribution in [0.15, 0.2) is 48.8 Å². The minimum atomic E-state index is -4.55. The summed E-state index contributed by atoms with van der Waals surface area (Å²) in [5.74, 6) is -0.222. The van der Waals surface area contributed by atoms with Crippen LogP contribution in [0.2, 0.25) is 0 Å². The molecule has 0 atom stereocenters. The molecule has 3 N–H and O–H groups in total. The second-order valence-corrected chi connectivity index (χ2v) is 9.85. The van der Waals surface area contributed by atoms with E-state index in [0.717, 1.165) is 62.5 Å². The van der Waals surface area contributed by atoms with Gasteiger partial charge in [0.15, 0.2) is 0 Å². The van der Waals surface area contributed by atoms with Crippen molar-refractivity contribution in [3.63, 3.8) is 0 Å². The van der Waals surface area contributed by atoms with Gasteiger partial charge in [0.05, 0.1) is 12.1 Å². The molecule has 0 unspecified atom stereocenters. The Morgan fingerprint density at radius 3 is 2.50 bits per heavy atom. The summed E-state index contributed by atoms with van der Waals surface area (Å²) in [4.78, 5) is 27.9. The van der Waals surface area contributed by atoms with Crippen LogP contribution < -0.4 is 16.0 Å². The lowest BCUT2D eigenvalue weighted by molar-refractivity contribution is -0.137. The molecule has 1 fully saturated rings. The number of amides is 1. The number of hydrogen-bond donors (Lipinski definition) is 2. The Hall–Kier alpha value is -3.70. The van der Waals surface area contributed by atoms with Gasteiger partial charge < -0.3 is 20.9 Å². The van der Waals surface area contributed by atoms with Gasteiger partial charge >= 0.3 is 6.18 Å². The molecule has 0 saturated carbocycles. The minimum absolute atomic E-state index is 0.0198. The van der Waals surface area contributed by atoms with Gasteiger partial charge in [-0.05, 0) is 54.9 Å². The summed E-state index contributed by atoms with van der Waals surface area (Å²) in [6.07, 6.45) is -0.600. The molecule has 3 heterocycles. The zero-order valence-electron chi connectivity index (χ0n) is 21.1. The summed E-state index contributed by atoms with van der Waals surface area (Å²) in [5.41, 5.74) is 8.78. The molecular formula is C27H30F3N7O. The van der Waals surface area contributed by atoms with Crippen LogP contribution in [0.4, 0.5) is 30.4 Å². The number of aromatic nitrogens is 2. The third-order valence-corrected chi connectivity index (χ3v) is 7.07. The van der Waals surface area contributed by atoms with E-state index in [1.807, 2.05) is 19.2 Å². The highest BCUT2D eigenvalue weighted by atomic mass is 19.4. The van der Waals surface area contributed by atoms with Crippen LogP contribution in [0.25, 0.3) is 0 Å². The van der Waals surface area contributed by atoms with Gasteiger partial charge in [-0.2, -0.15) is 13.2 Å². The second-order valence-electron chi connectivity index (χ2n) is 9.85. The van der Waals surface area contributed by atoms with Crippen LogP contribution in [-0.4, -0.2) is 65.4 Å². The summed E-state index contributed by atoms with van der Waals surface area (Å²) in [6.45, 7) is 4.81. The number of alkyl halides is 3. The molecule has 8 nitrogen and oxygen atoms in total. The number of halogens is 3. The van der Waals surface area contributed by atoms with Crippen LogP contribution >= 0.6 is 0 Å². The maximum absolute atomic E-state index is 13.7. The third-order valence-electron chi connectivity index (χ3n) is 7.07. The summed E-state index contributed by atoms with van der Waals surface area (Å²) in [7, 11) is 2.02. The average molecular weight is 526 g/mol. The molecule has 1 saturated heterocycles. The van der Waals surface area contributed by atoms with E-state index in [1.165, 1.54) is 6.20 Å². The Morgan fingerprint density at radius 2 is 1.76 bits per heavy atom. The molecule has 0 aliphatic carbocycles. The van der Waals surface area contributed by atoms with Crippen molar-refractivity contribution < 1.29 is 18.0 Å². The fourth-order valence-electron chi connectivity index (χ4n) is 4.91. The number of fused-ring (bicyclic) bond motifs is 1. The molecule has 2 aromatic carbocycles. The third kappa shape index (κ3) is 5.89. The highest BCUT2D eigenvalue weighted by molar-refractivity contribution is 6.04. The molecule has 200 valence electrons. The van der Waals surface area contributed by atoms with E-state index in [-0.39, 0.29) is 5.56 Å². The zero-order chi connectivity index (χ0) is 26.9. The molecule has 5 rings (SSSR count). The highest BCUT2D eigenvalue weighted by Gasteiger charge is 2.32. The van der Waals surface area contributed by atoms with Crippen LogP contribution in [0.1, 0.15) is 32.7 Å². The maximum atomic E-state index is 13.7. The van der Waals surface area contributed by atoms with E-state index in [1.54, 1.807) is 18.3 Å². The van der Waals surface area contributed by atoms with Gasteiger partial charge in [0.1, 0.15) is 11.5 Å². The van der Waals surface area contributed by atoms with Crippen molar-refractivity contribution in [3.05, 3.63) is 76.7 Å². The molecule has 1 aromatic heterocycles. The first-order valence-electron chi connectivity index (χ1n) is 12.5. The maximum Gasteiger partial charge on any atom is 0.416 e. The summed E-state index contributed by atoms with van der Waals surface area (Å²) < 4.78 is 41.1. The Morgan fingerprint density at radius 1 is 1.00 bits per heavy atom. The van der Waals surface area contributed by atoms with E-state index in [2.05, 4.69) is 30.0 Å². The molecule has 0 bridgehead atoms. The number of nitrogen functional groups attached to an aromatic ring is 1. The van der Waals surface area contributed by atoms with E-state index in [4.69, 9.17) is 5.73 Å². The van der Waals surface area contributed by atoms with Gasteiger partial charge in [-0.1, -0.05) is 6.07 Å². The molecule has 3 aromatic rings. The number of likely N-dealkylation sites (N-methyl/N-ethyl adjacent to an activating group) is 1. The number of nitrogens with two attached hydrogens (primary N) is 1. The quantitative estimate of drug-likeness (QED) is 0.508. The lowest BCUT2D eigenvalue weighted by atomic mass is 10.0. The Bertz CT molecular complexity index is 1320. The van der Waals surface area contributed by atoms with Crippen molar-refractivity contribution >= 4 is 23.1 Å². The molecule has 2 aliphatic rings. The van der Waals surface area contributed by atoms with Crippen LogP contribution in [-0.2, 0) is 25.7 Å². The van der Waals surface area contributed by atoms with Gasteiger partial charge in [-0.15, -0.1) is 0 Å². The van der Waals surface area contributed by atoms with Crippen molar-refractivity contribution in [3.8, 4) is 0 Å². The number of carbonyl (C=O) groups is 1. The fraction of sp³-hybridized carbons (Fsp3) is 0.370. The largest absolute Gasteiger partial charge is 0.416 e. The Kier molecular flexibility index (Phi) is 7.22. The van der Waals surface area contributed by atoms with E-state index in [0.29, 0.717) is 35.9 Å². The zero-order valence-corrected chi connectivity index (χ0v) is 21.1. The average Bonchev–Trinajstić information content (AvgIpc) is 3.28. The first-order chi connectivity index (χ1) is 18.2. The van der Waals surface area contributed by atoms with Gasteiger partial charge in [0.2, 0.25) is 0 Å². The van der Waals surface area contributed by atoms with Crippen LogP contribution in [0.3, 0.4) is 0 Å². The Balaban J connectivity index is 1.35. The molecule has 0 radical (unpaired) electrons. The number of nitrogens with one attached hydrogen (secondary N) is 1. The molecular weight excluding hydrogens is 495 g/mol. The van der Waals surface area contributed by atoms with Gasteiger partial charge in [0, 0.05) is 68.6 Å². The predicted molar refractivity (Wildman–Crippen MR) is 140 cm³/mol. The lowest BCUT2D eigenvalue weighted by Crippen LogP contribution is -2.43. The van der Waals surface area contributed by atoms with Gasteiger partial charge in [0.25, 0.3) is 5.91 Å². The molecule has 0 spiro atoms.